The summed E-state index contributed by atoms with van der Waals surface area (Å²) in [7, 11) is 1.26. The first-order valence-electron chi connectivity index (χ1n) is 8.89. The van der Waals surface area contributed by atoms with Crippen LogP contribution in [0.25, 0.3) is 6.08 Å². The molecule has 0 unspecified atom stereocenters. The lowest BCUT2D eigenvalue weighted by Crippen LogP contribution is -2.46. The summed E-state index contributed by atoms with van der Waals surface area (Å²) in [5, 5.41) is -0.504. The normalized spacial score (nSPS) is 18.3. The highest BCUT2D eigenvalue weighted by molar-refractivity contribution is 8.18. The summed E-state index contributed by atoms with van der Waals surface area (Å²) < 4.78 is 15.2. The number of esters is 1. The summed E-state index contributed by atoms with van der Waals surface area (Å²) in [6, 6.07) is 6.79. The van der Waals surface area contributed by atoms with Gasteiger partial charge in [-0.3, -0.25) is 19.3 Å². The van der Waals surface area contributed by atoms with E-state index in [1.165, 1.54) is 13.2 Å². The molecule has 0 radical (unpaired) electrons. The van der Waals surface area contributed by atoms with E-state index in [-0.39, 0.29) is 24.0 Å². The van der Waals surface area contributed by atoms with Gasteiger partial charge in [-0.05, 0) is 23.9 Å². The first-order valence-corrected chi connectivity index (χ1v) is 9.71. The zero-order valence-electron chi connectivity index (χ0n) is 15.8. The molecular formula is C19H20N2O7S. The van der Waals surface area contributed by atoms with Crippen molar-refractivity contribution in [3.63, 3.8) is 0 Å². The molecule has 2 saturated heterocycles. The third-order valence-electron chi connectivity index (χ3n) is 4.31. The second kappa shape index (κ2) is 9.57. The maximum Gasteiger partial charge on any atom is 0.343 e. The molecule has 10 heteroatoms. The monoisotopic (exact) mass is 420 g/mol. The summed E-state index contributed by atoms with van der Waals surface area (Å²) in [6.45, 7) is 1.18. The van der Waals surface area contributed by atoms with E-state index < -0.39 is 17.1 Å². The standard InChI is InChI=1S/C19H20N2O7S/c1-26-17(23)12-28-14-5-3-2-4-13(14)10-15-18(24)21(19(25)29-15)11-16(22)20-6-8-27-9-7-20/h2-5,10H,6-9,11-12H2,1H3/b15-10+. The average Bonchev–Trinajstić information content (AvgIpc) is 3.00. The highest BCUT2D eigenvalue weighted by Gasteiger charge is 2.37. The number of imide groups is 1. The molecule has 154 valence electrons. The van der Waals surface area contributed by atoms with Gasteiger partial charge in [-0.25, -0.2) is 4.79 Å². The maximum absolute atomic E-state index is 12.7. The number of amides is 3. The number of morpholine rings is 1. The zero-order valence-corrected chi connectivity index (χ0v) is 16.6. The molecule has 1 aromatic rings. The number of carbonyl (C=O) groups excluding carboxylic acids is 4. The highest BCUT2D eigenvalue weighted by Crippen LogP contribution is 2.34. The molecule has 0 bridgehead atoms. The van der Waals surface area contributed by atoms with E-state index in [0.717, 1.165) is 16.7 Å². The predicted octanol–water partition coefficient (Wildman–Crippen LogP) is 1.13. The smallest absolute Gasteiger partial charge is 0.343 e. The van der Waals surface area contributed by atoms with E-state index in [2.05, 4.69) is 4.74 Å². The minimum Gasteiger partial charge on any atom is -0.481 e. The number of ether oxygens (including phenoxy) is 3. The Morgan fingerprint density at radius 2 is 1.93 bits per heavy atom. The lowest BCUT2D eigenvalue weighted by Gasteiger charge is -2.28. The number of thioether (sulfide) groups is 1. The van der Waals surface area contributed by atoms with E-state index in [1.54, 1.807) is 29.2 Å². The Morgan fingerprint density at radius 1 is 1.21 bits per heavy atom. The molecule has 2 aliphatic heterocycles. The topological polar surface area (TPSA) is 102 Å². The van der Waals surface area contributed by atoms with Gasteiger partial charge in [-0.1, -0.05) is 18.2 Å². The lowest BCUT2D eigenvalue weighted by atomic mass is 10.2. The fourth-order valence-electron chi connectivity index (χ4n) is 2.75. The first-order chi connectivity index (χ1) is 14.0. The second-order valence-electron chi connectivity index (χ2n) is 6.16. The Labute approximate surface area is 171 Å². The van der Waals surface area contributed by atoms with Crippen LogP contribution in [0.4, 0.5) is 4.79 Å². The minimum absolute atomic E-state index is 0.180. The molecule has 0 aromatic heterocycles. The van der Waals surface area contributed by atoms with Crippen LogP contribution in [0, 0.1) is 0 Å². The molecule has 2 fully saturated rings. The van der Waals surface area contributed by atoms with Gasteiger partial charge in [0.05, 0.1) is 25.2 Å². The van der Waals surface area contributed by atoms with E-state index in [0.29, 0.717) is 37.6 Å². The Morgan fingerprint density at radius 3 is 2.66 bits per heavy atom. The minimum atomic E-state index is -0.540. The molecule has 1 aromatic carbocycles. The molecule has 0 atom stereocenters. The van der Waals surface area contributed by atoms with Gasteiger partial charge >= 0.3 is 5.97 Å². The summed E-state index contributed by atoms with van der Waals surface area (Å²) in [5.74, 6) is -1.00. The molecule has 9 nitrogen and oxygen atoms in total. The molecule has 0 saturated carbocycles. The Hall–Kier alpha value is -2.85. The van der Waals surface area contributed by atoms with E-state index in [9.17, 15) is 19.2 Å². The van der Waals surface area contributed by atoms with Crippen LogP contribution >= 0.6 is 11.8 Å². The van der Waals surface area contributed by atoms with Crippen molar-refractivity contribution in [2.45, 2.75) is 0 Å². The van der Waals surface area contributed by atoms with Gasteiger partial charge in [0.25, 0.3) is 11.1 Å². The molecular weight excluding hydrogens is 400 g/mol. The number of hydrogen-bond donors (Lipinski definition) is 0. The van der Waals surface area contributed by atoms with Gasteiger partial charge in [-0.2, -0.15) is 0 Å². The van der Waals surface area contributed by atoms with Crippen LogP contribution in [0.3, 0.4) is 0 Å². The molecule has 2 heterocycles. The van der Waals surface area contributed by atoms with Crippen LogP contribution in [0.5, 0.6) is 5.75 Å². The summed E-state index contributed by atoms with van der Waals surface area (Å²) >= 11 is 0.759. The van der Waals surface area contributed by atoms with Crippen molar-refractivity contribution in [2.75, 3.05) is 46.6 Å². The molecule has 29 heavy (non-hydrogen) atoms. The summed E-state index contributed by atoms with van der Waals surface area (Å²) in [6.07, 6.45) is 1.51. The summed E-state index contributed by atoms with van der Waals surface area (Å²) in [5.41, 5.74) is 0.529. The fraction of sp³-hybridized carbons (Fsp3) is 0.368. The number of methoxy groups -OCH3 is 1. The van der Waals surface area contributed by atoms with E-state index in [1.807, 2.05) is 0 Å². The third kappa shape index (κ3) is 5.15. The molecule has 3 amide bonds. The van der Waals surface area contributed by atoms with Crippen LogP contribution in [-0.4, -0.2) is 79.4 Å². The molecule has 0 spiro atoms. The third-order valence-corrected chi connectivity index (χ3v) is 5.22. The van der Waals surface area contributed by atoms with Crippen molar-refractivity contribution < 1.29 is 33.4 Å². The van der Waals surface area contributed by atoms with Crippen molar-refractivity contribution in [1.82, 2.24) is 9.80 Å². The van der Waals surface area contributed by atoms with Crippen molar-refractivity contribution in [3.05, 3.63) is 34.7 Å². The van der Waals surface area contributed by atoms with Gasteiger partial charge in [-0.15, -0.1) is 0 Å². The number of benzene rings is 1. The van der Waals surface area contributed by atoms with Gasteiger partial charge in [0.1, 0.15) is 12.3 Å². The maximum atomic E-state index is 12.7. The van der Waals surface area contributed by atoms with Gasteiger partial charge in [0.15, 0.2) is 6.61 Å². The average molecular weight is 420 g/mol. The predicted molar refractivity (Wildman–Crippen MR) is 104 cm³/mol. The fourth-order valence-corrected chi connectivity index (χ4v) is 3.58. The van der Waals surface area contributed by atoms with Crippen molar-refractivity contribution in [2.24, 2.45) is 0 Å². The zero-order chi connectivity index (χ0) is 20.8. The van der Waals surface area contributed by atoms with Gasteiger partial charge < -0.3 is 19.1 Å². The molecule has 3 rings (SSSR count). The van der Waals surface area contributed by atoms with E-state index in [4.69, 9.17) is 9.47 Å². The van der Waals surface area contributed by atoms with Crippen LogP contribution in [-0.2, 0) is 23.9 Å². The Bertz CT molecular complexity index is 849. The number of hydrogen-bond acceptors (Lipinski definition) is 8. The first kappa shape index (κ1) is 20.9. The van der Waals surface area contributed by atoms with Gasteiger partial charge in [0, 0.05) is 18.7 Å². The van der Waals surface area contributed by atoms with E-state index >= 15 is 0 Å². The second-order valence-corrected chi connectivity index (χ2v) is 7.16. The SMILES string of the molecule is COC(=O)COc1ccccc1/C=C1/SC(=O)N(CC(=O)N2CCOCC2)C1=O. The Balaban J connectivity index is 1.71. The van der Waals surface area contributed by atoms with Crippen molar-refractivity contribution in [1.29, 1.82) is 0 Å². The summed E-state index contributed by atoms with van der Waals surface area (Å²) in [4.78, 5) is 51.3. The molecule has 0 aliphatic carbocycles. The van der Waals surface area contributed by atoms with Crippen LogP contribution in [0.1, 0.15) is 5.56 Å². The van der Waals surface area contributed by atoms with Crippen LogP contribution in [0.15, 0.2) is 29.2 Å². The molecule has 2 aliphatic rings. The number of rotatable bonds is 6. The van der Waals surface area contributed by atoms with Crippen LogP contribution < -0.4 is 4.74 Å². The Kier molecular flexibility index (Phi) is 6.89. The lowest BCUT2D eigenvalue weighted by molar-refractivity contribution is -0.143. The number of para-hydroxylation sites is 1. The number of nitrogens with zero attached hydrogens (tertiary/aromatic N) is 2. The highest BCUT2D eigenvalue weighted by atomic mass is 32.2. The van der Waals surface area contributed by atoms with Crippen LogP contribution in [0.2, 0.25) is 0 Å². The van der Waals surface area contributed by atoms with Gasteiger partial charge in [0.2, 0.25) is 5.91 Å². The number of carbonyl (C=O) groups is 4. The quantitative estimate of drug-likeness (QED) is 0.499. The largest absolute Gasteiger partial charge is 0.481 e. The molecule has 0 N–H and O–H groups in total. The van der Waals surface area contributed by atoms with Crippen molar-refractivity contribution in [3.8, 4) is 5.75 Å². The van der Waals surface area contributed by atoms with Crippen molar-refractivity contribution >= 4 is 40.9 Å².